The molecule has 1 unspecified atom stereocenters. The molecule has 1 fully saturated rings. The van der Waals surface area contributed by atoms with Crippen LogP contribution in [0.4, 0.5) is 0 Å². The average Bonchev–Trinajstić information content (AvgIpc) is 2.95. The van der Waals surface area contributed by atoms with Crippen molar-refractivity contribution in [2.45, 2.75) is 12.7 Å². The Hall–Kier alpha value is -3.39. The molecule has 1 aliphatic heterocycles. The van der Waals surface area contributed by atoms with E-state index in [-0.39, 0.29) is 12.0 Å². The lowest BCUT2D eigenvalue weighted by atomic mass is 10.1. The molecule has 0 aromatic heterocycles. The number of rotatable bonds is 9. The minimum atomic E-state index is -0.420. The first-order valence-corrected chi connectivity index (χ1v) is 12.5. The van der Waals surface area contributed by atoms with E-state index < -0.39 is 5.97 Å². The van der Waals surface area contributed by atoms with Gasteiger partial charge in [-0.05, 0) is 59.7 Å². The molecule has 0 saturated carbocycles. The quantitative estimate of drug-likeness (QED) is 0.374. The summed E-state index contributed by atoms with van der Waals surface area (Å²) in [4.78, 5) is 28.8. The van der Waals surface area contributed by atoms with Crippen LogP contribution in [0.2, 0.25) is 5.02 Å². The van der Waals surface area contributed by atoms with Crippen molar-refractivity contribution in [2.75, 3.05) is 46.9 Å². The molecule has 1 saturated heterocycles. The number of hydrogen-bond donors (Lipinski definition) is 0. The number of carbonyl (C=O) groups excluding carboxylic acids is 2. The number of methoxy groups -OCH3 is 2. The molecule has 7 nitrogen and oxygen atoms in total. The van der Waals surface area contributed by atoms with E-state index in [0.717, 1.165) is 30.0 Å². The zero-order chi connectivity index (χ0) is 26.2. The fourth-order valence-electron chi connectivity index (χ4n) is 4.31. The van der Waals surface area contributed by atoms with Crippen LogP contribution in [0.5, 0.6) is 5.75 Å². The van der Waals surface area contributed by atoms with Crippen LogP contribution in [-0.2, 0) is 16.1 Å². The van der Waals surface area contributed by atoms with Gasteiger partial charge in [0.1, 0.15) is 5.75 Å². The smallest absolute Gasteiger partial charge is 0.337 e. The summed E-state index contributed by atoms with van der Waals surface area (Å²) >= 11 is 6.12. The van der Waals surface area contributed by atoms with Crippen LogP contribution >= 0.6 is 11.6 Å². The van der Waals surface area contributed by atoms with E-state index in [4.69, 9.17) is 25.8 Å². The van der Waals surface area contributed by atoms with E-state index in [9.17, 15) is 9.59 Å². The van der Waals surface area contributed by atoms with Crippen molar-refractivity contribution in [1.82, 2.24) is 9.80 Å². The van der Waals surface area contributed by atoms with Gasteiger partial charge in [0.05, 0.1) is 32.5 Å². The van der Waals surface area contributed by atoms with E-state index in [0.29, 0.717) is 42.4 Å². The highest BCUT2D eigenvalue weighted by molar-refractivity contribution is 6.30. The van der Waals surface area contributed by atoms with Crippen LogP contribution in [0.1, 0.15) is 37.9 Å². The van der Waals surface area contributed by atoms with Gasteiger partial charge in [-0.25, -0.2) is 4.79 Å². The molecule has 1 atom stereocenters. The molecule has 3 aromatic rings. The number of benzene rings is 3. The second kappa shape index (κ2) is 12.7. The monoisotopic (exact) mass is 522 g/mol. The van der Waals surface area contributed by atoms with Crippen LogP contribution in [0.25, 0.3) is 0 Å². The lowest BCUT2D eigenvalue weighted by Crippen LogP contribution is -2.49. The van der Waals surface area contributed by atoms with Crippen LogP contribution in [0.15, 0.2) is 72.8 Å². The summed E-state index contributed by atoms with van der Waals surface area (Å²) in [7, 11) is 2.99. The van der Waals surface area contributed by atoms with E-state index in [1.807, 2.05) is 53.4 Å². The first kappa shape index (κ1) is 26.7. The molecule has 1 heterocycles. The topological polar surface area (TPSA) is 68.3 Å². The zero-order valence-electron chi connectivity index (χ0n) is 21.1. The molecular weight excluding hydrogens is 492 g/mol. The second-order valence-corrected chi connectivity index (χ2v) is 9.30. The molecule has 8 heteroatoms. The maximum absolute atomic E-state index is 13.0. The lowest BCUT2D eigenvalue weighted by Gasteiger charge is -2.36. The summed E-state index contributed by atoms with van der Waals surface area (Å²) in [6.45, 7) is 3.84. The SMILES string of the molecule is COC(=O)c1ccc(C(=O)N2CCN(CC(OCc3cccc(OC)c3)c3ccc(Cl)cc3)CC2)cc1. The summed E-state index contributed by atoms with van der Waals surface area (Å²) < 4.78 is 16.4. The number of amides is 1. The van der Waals surface area contributed by atoms with Crippen molar-refractivity contribution in [3.05, 3.63) is 100 Å². The Morgan fingerprint density at radius 3 is 2.22 bits per heavy atom. The van der Waals surface area contributed by atoms with Gasteiger partial charge in [-0.1, -0.05) is 35.9 Å². The average molecular weight is 523 g/mol. The number of ether oxygens (including phenoxy) is 3. The Bertz CT molecular complexity index is 1190. The van der Waals surface area contributed by atoms with Crippen LogP contribution in [-0.4, -0.2) is 68.6 Å². The molecule has 37 heavy (non-hydrogen) atoms. The predicted octanol–water partition coefficient (Wildman–Crippen LogP) is 4.85. The van der Waals surface area contributed by atoms with Gasteiger partial charge < -0.3 is 19.1 Å². The Morgan fingerprint density at radius 2 is 1.57 bits per heavy atom. The van der Waals surface area contributed by atoms with Crippen molar-refractivity contribution in [3.8, 4) is 5.75 Å². The predicted molar refractivity (Wildman–Crippen MR) is 142 cm³/mol. The molecule has 194 valence electrons. The maximum Gasteiger partial charge on any atom is 0.337 e. The van der Waals surface area contributed by atoms with Gasteiger partial charge in [-0.15, -0.1) is 0 Å². The molecule has 1 amide bonds. The maximum atomic E-state index is 13.0. The van der Waals surface area contributed by atoms with Crippen molar-refractivity contribution in [3.63, 3.8) is 0 Å². The normalized spacial score (nSPS) is 14.7. The van der Waals surface area contributed by atoms with Gasteiger partial charge >= 0.3 is 5.97 Å². The van der Waals surface area contributed by atoms with Gasteiger partial charge in [0.2, 0.25) is 0 Å². The van der Waals surface area contributed by atoms with Gasteiger partial charge in [0, 0.05) is 43.3 Å². The minimum absolute atomic E-state index is 0.0420. The number of hydrogen-bond acceptors (Lipinski definition) is 6. The number of halogens is 1. The van der Waals surface area contributed by atoms with E-state index in [1.54, 1.807) is 31.4 Å². The summed E-state index contributed by atoms with van der Waals surface area (Å²) in [6.07, 6.45) is -0.156. The first-order chi connectivity index (χ1) is 18.0. The number of nitrogens with zero attached hydrogens (tertiary/aromatic N) is 2. The van der Waals surface area contributed by atoms with Crippen LogP contribution in [0, 0.1) is 0 Å². The Labute approximate surface area is 222 Å². The van der Waals surface area contributed by atoms with Crippen LogP contribution in [0.3, 0.4) is 0 Å². The number of piperazine rings is 1. The number of esters is 1. The van der Waals surface area contributed by atoms with Gasteiger partial charge in [-0.3, -0.25) is 9.69 Å². The van der Waals surface area contributed by atoms with Crippen molar-refractivity contribution in [1.29, 1.82) is 0 Å². The Balaban J connectivity index is 1.37. The summed E-state index contributed by atoms with van der Waals surface area (Å²) in [5.74, 6) is 0.334. The minimum Gasteiger partial charge on any atom is -0.497 e. The Morgan fingerprint density at radius 1 is 0.892 bits per heavy atom. The highest BCUT2D eigenvalue weighted by Crippen LogP contribution is 2.24. The zero-order valence-corrected chi connectivity index (χ0v) is 21.8. The largest absolute Gasteiger partial charge is 0.497 e. The van der Waals surface area contributed by atoms with E-state index in [2.05, 4.69) is 4.90 Å². The van der Waals surface area contributed by atoms with Gasteiger partial charge in [0.25, 0.3) is 5.91 Å². The van der Waals surface area contributed by atoms with Crippen molar-refractivity contribution in [2.24, 2.45) is 0 Å². The molecular formula is C29H31ClN2O5. The summed E-state index contributed by atoms with van der Waals surface area (Å²) in [5.41, 5.74) is 3.07. The fourth-order valence-corrected chi connectivity index (χ4v) is 4.43. The third-order valence-corrected chi connectivity index (χ3v) is 6.72. The van der Waals surface area contributed by atoms with E-state index >= 15 is 0 Å². The first-order valence-electron chi connectivity index (χ1n) is 12.2. The second-order valence-electron chi connectivity index (χ2n) is 8.86. The molecule has 0 radical (unpaired) electrons. The Kier molecular flexibility index (Phi) is 9.17. The molecule has 4 rings (SSSR count). The summed E-state index contributed by atoms with van der Waals surface area (Å²) in [6, 6.07) is 22.2. The van der Waals surface area contributed by atoms with Crippen molar-refractivity contribution < 1.29 is 23.8 Å². The van der Waals surface area contributed by atoms with Crippen LogP contribution < -0.4 is 4.74 Å². The molecule has 3 aromatic carbocycles. The molecule has 1 aliphatic rings. The highest BCUT2D eigenvalue weighted by atomic mass is 35.5. The highest BCUT2D eigenvalue weighted by Gasteiger charge is 2.25. The summed E-state index contributed by atoms with van der Waals surface area (Å²) in [5, 5.41) is 0.682. The third kappa shape index (κ3) is 7.10. The van der Waals surface area contributed by atoms with Gasteiger partial charge in [-0.2, -0.15) is 0 Å². The molecule has 0 aliphatic carbocycles. The van der Waals surface area contributed by atoms with Crippen molar-refractivity contribution >= 4 is 23.5 Å². The molecule has 0 bridgehead atoms. The molecule has 0 spiro atoms. The lowest BCUT2D eigenvalue weighted by molar-refractivity contribution is 0.00337. The van der Waals surface area contributed by atoms with Gasteiger partial charge in [0.15, 0.2) is 0 Å². The third-order valence-electron chi connectivity index (χ3n) is 6.46. The van der Waals surface area contributed by atoms with E-state index in [1.165, 1.54) is 7.11 Å². The standard InChI is InChI=1S/C29H31ClN2O5/c1-35-26-5-3-4-21(18-26)20-37-27(22-10-12-25(30)13-11-22)19-31-14-16-32(17-15-31)28(33)23-6-8-24(9-7-23)29(34)36-2/h3-13,18,27H,14-17,19-20H2,1-2H3. The molecule has 0 N–H and O–H groups in total. The number of carbonyl (C=O) groups is 2. The fraction of sp³-hybridized carbons (Fsp3) is 0.310.